The Morgan fingerprint density at radius 1 is 1.43 bits per heavy atom. The average molecular weight is 341 g/mol. The minimum absolute atomic E-state index is 0.0523. The number of sulfonamides is 1. The lowest BCUT2D eigenvalue weighted by Gasteiger charge is -2.09. The van der Waals surface area contributed by atoms with E-state index in [0.29, 0.717) is 25.2 Å². The first-order chi connectivity index (χ1) is 10.8. The van der Waals surface area contributed by atoms with Crippen LogP contribution in [0.3, 0.4) is 0 Å². The van der Waals surface area contributed by atoms with Crippen molar-refractivity contribution in [2.45, 2.75) is 24.7 Å². The highest BCUT2D eigenvalue weighted by molar-refractivity contribution is 7.89. The Hall–Kier alpha value is -2.33. The number of primary sulfonamides is 1. The van der Waals surface area contributed by atoms with Gasteiger partial charge in [0.15, 0.2) is 0 Å². The molecule has 124 valence electrons. The Labute approximate surface area is 132 Å². The van der Waals surface area contributed by atoms with Crippen LogP contribution in [0.4, 0.5) is 4.39 Å². The van der Waals surface area contributed by atoms with Crippen LogP contribution in [-0.2, 0) is 21.2 Å². The van der Waals surface area contributed by atoms with Crippen molar-refractivity contribution in [3.8, 4) is 5.69 Å². The van der Waals surface area contributed by atoms with Crippen LogP contribution in [0.1, 0.15) is 19.2 Å². The second-order valence-electron chi connectivity index (χ2n) is 4.83. The van der Waals surface area contributed by atoms with Gasteiger partial charge in [0, 0.05) is 19.9 Å². The number of hydrogen-bond acceptors (Lipinski definition) is 5. The smallest absolute Gasteiger partial charge is 0.238 e. The lowest BCUT2D eigenvalue weighted by molar-refractivity contribution is -0.118. The summed E-state index contributed by atoms with van der Waals surface area (Å²) < 4.78 is 38.0. The van der Waals surface area contributed by atoms with Gasteiger partial charge in [-0.25, -0.2) is 27.6 Å². The SMILES string of the molecule is CC(=O)NCCCc1ncnn1-c1cc(S(N)(=O)=O)ccc1F. The van der Waals surface area contributed by atoms with E-state index < -0.39 is 15.8 Å². The summed E-state index contributed by atoms with van der Waals surface area (Å²) in [6.07, 6.45) is 2.25. The molecule has 23 heavy (non-hydrogen) atoms. The zero-order valence-corrected chi connectivity index (χ0v) is 13.2. The number of rotatable bonds is 6. The maximum atomic E-state index is 14.0. The summed E-state index contributed by atoms with van der Waals surface area (Å²) in [6, 6.07) is 3.20. The Balaban J connectivity index is 2.26. The van der Waals surface area contributed by atoms with Gasteiger partial charge in [0.05, 0.1) is 4.90 Å². The predicted octanol–water partition coefficient (Wildman–Crippen LogP) is 0.122. The molecule has 1 aromatic heterocycles. The van der Waals surface area contributed by atoms with E-state index >= 15 is 0 Å². The van der Waals surface area contributed by atoms with E-state index in [9.17, 15) is 17.6 Å². The lowest BCUT2D eigenvalue weighted by Crippen LogP contribution is -2.21. The largest absolute Gasteiger partial charge is 0.356 e. The summed E-state index contributed by atoms with van der Waals surface area (Å²) in [4.78, 5) is 14.6. The highest BCUT2D eigenvalue weighted by atomic mass is 32.2. The number of nitrogens with two attached hydrogens (primary N) is 1. The van der Waals surface area contributed by atoms with Gasteiger partial charge in [-0.15, -0.1) is 0 Å². The van der Waals surface area contributed by atoms with Crippen molar-refractivity contribution in [2.75, 3.05) is 6.54 Å². The highest BCUT2D eigenvalue weighted by Crippen LogP contribution is 2.18. The molecule has 0 saturated heterocycles. The molecule has 0 aliphatic heterocycles. The average Bonchev–Trinajstić information content (AvgIpc) is 2.91. The molecule has 2 aromatic rings. The van der Waals surface area contributed by atoms with Crippen LogP contribution in [0, 0.1) is 5.82 Å². The third-order valence-corrected chi connectivity index (χ3v) is 3.95. The monoisotopic (exact) mass is 341 g/mol. The van der Waals surface area contributed by atoms with Crippen molar-refractivity contribution in [3.63, 3.8) is 0 Å². The third-order valence-electron chi connectivity index (χ3n) is 3.04. The van der Waals surface area contributed by atoms with Crippen LogP contribution in [0.2, 0.25) is 0 Å². The van der Waals surface area contributed by atoms with Gasteiger partial charge in [0.2, 0.25) is 15.9 Å². The van der Waals surface area contributed by atoms with Crippen molar-refractivity contribution >= 4 is 15.9 Å². The maximum absolute atomic E-state index is 14.0. The van der Waals surface area contributed by atoms with Gasteiger partial charge in [-0.05, 0) is 24.6 Å². The number of aromatic nitrogens is 3. The fourth-order valence-corrected chi connectivity index (χ4v) is 2.51. The van der Waals surface area contributed by atoms with Crippen molar-refractivity contribution in [3.05, 3.63) is 36.2 Å². The van der Waals surface area contributed by atoms with Gasteiger partial charge in [-0.1, -0.05) is 0 Å². The van der Waals surface area contributed by atoms with Gasteiger partial charge in [0.1, 0.15) is 23.7 Å². The van der Waals surface area contributed by atoms with E-state index in [1.807, 2.05) is 0 Å². The van der Waals surface area contributed by atoms with Crippen LogP contribution >= 0.6 is 0 Å². The second kappa shape index (κ2) is 6.84. The number of benzene rings is 1. The van der Waals surface area contributed by atoms with Gasteiger partial charge >= 0.3 is 0 Å². The van der Waals surface area contributed by atoms with Gasteiger partial charge < -0.3 is 5.32 Å². The fourth-order valence-electron chi connectivity index (χ4n) is 1.98. The Kier molecular flexibility index (Phi) is 5.06. The summed E-state index contributed by atoms with van der Waals surface area (Å²) in [7, 11) is -3.95. The summed E-state index contributed by atoms with van der Waals surface area (Å²) in [5.41, 5.74) is -0.0523. The standard InChI is InChI=1S/C13H16FN5O3S/c1-9(20)16-6-2-3-13-17-8-18-19(13)12-7-10(23(15,21)22)4-5-11(12)14/h4-5,7-8H,2-3,6H2,1H3,(H,16,20)(H2,15,21,22). The molecule has 0 unspecified atom stereocenters. The van der Waals surface area contributed by atoms with Gasteiger partial charge in [-0.2, -0.15) is 5.10 Å². The molecule has 1 heterocycles. The number of nitrogens with one attached hydrogen (secondary N) is 1. The molecule has 10 heteroatoms. The van der Waals surface area contributed by atoms with E-state index in [0.717, 1.165) is 18.2 Å². The van der Waals surface area contributed by atoms with E-state index in [1.165, 1.54) is 17.9 Å². The van der Waals surface area contributed by atoms with Gasteiger partial charge in [0.25, 0.3) is 0 Å². The quantitative estimate of drug-likeness (QED) is 0.723. The third kappa shape index (κ3) is 4.33. The zero-order valence-electron chi connectivity index (χ0n) is 12.4. The first-order valence-corrected chi connectivity index (χ1v) is 8.29. The second-order valence-corrected chi connectivity index (χ2v) is 6.39. The van der Waals surface area contributed by atoms with Crippen molar-refractivity contribution in [2.24, 2.45) is 5.14 Å². The first-order valence-electron chi connectivity index (χ1n) is 6.75. The number of amides is 1. The molecule has 0 aliphatic rings. The summed E-state index contributed by atoms with van der Waals surface area (Å²) in [5, 5.41) is 11.6. The van der Waals surface area contributed by atoms with Crippen LogP contribution in [0.5, 0.6) is 0 Å². The van der Waals surface area contributed by atoms with E-state index in [1.54, 1.807) is 0 Å². The summed E-state index contributed by atoms with van der Waals surface area (Å²) in [6.45, 7) is 1.86. The molecule has 0 saturated carbocycles. The molecule has 0 aliphatic carbocycles. The van der Waals surface area contributed by atoms with Crippen LogP contribution < -0.4 is 10.5 Å². The normalized spacial score (nSPS) is 11.4. The number of halogens is 1. The lowest BCUT2D eigenvalue weighted by atomic mass is 10.2. The molecular formula is C13H16FN5O3S. The Morgan fingerprint density at radius 3 is 2.83 bits per heavy atom. The number of carbonyl (C=O) groups excluding carboxylic acids is 1. The van der Waals surface area contributed by atoms with Crippen molar-refractivity contribution < 1.29 is 17.6 Å². The minimum Gasteiger partial charge on any atom is -0.356 e. The first kappa shape index (κ1) is 17.0. The predicted molar refractivity (Wildman–Crippen MR) is 79.7 cm³/mol. The van der Waals surface area contributed by atoms with Gasteiger partial charge in [-0.3, -0.25) is 4.79 Å². The van der Waals surface area contributed by atoms with Crippen LogP contribution in [0.25, 0.3) is 5.69 Å². The molecule has 0 bridgehead atoms. The van der Waals surface area contributed by atoms with E-state index in [4.69, 9.17) is 5.14 Å². The zero-order chi connectivity index (χ0) is 17.0. The van der Waals surface area contributed by atoms with Crippen molar-refractivity contribution in [1.82, 2.24) is 20.1 Å². The molecule has 3 N–H and O–H groups in total. The molecule has 8 nitrogen and oxygen atoms in total. The molecule has 0 radical (unpaired) electrons. The Morgan fingerprint density at radius 2 is 2.17 bits per heavy atom. The minimum atomic E-state index is -3.95. The molecule has 0 spiro atoms. The topological polar surface area (TPSA) is 120 Å². The van der Waals surface area contributed by atoms with E-state index in [-0.39, 0.29) is 16.5 Å². The van der Waals surface area contributed by atoms with E-state index in [2.05, 4.69) is 15.4 Å². The molecule has 1 aromatic carbocycles. The molecular weight excluding hydrogens is 325 g/mol. The highest BCUT2D eigenvalue weighted by Gasteiger charge is 2.16. The number of carbonyl (C=O) groups is 1. The maximum Gasteiger partial charge on any atom is 0.238 e. The molecule has 0 fully saturated rings. The van der Waals surface area contributed by atoms with Crippen LogP contribution in [-0.4, -0.2) is 35.6 Å². The Bertz CT molecular complexity index is 819. The van der Waals surface area contributed by atoms with Crippen molar-refractivity contribution in [1.29, 1.82) is 0 Å². The molecule has 0 atom stereocenters. The number of aryl methyl sites for hydroxylation is 1. The summed E-state index contributed by atoms with van der Waals surface area (Å²) in [5.74, 6) is -0.342. The molecule has 2 rings (SSSR count). The summed E-state index contributed by atoms with van der Waals surface area (Å²) >= 11 is 0. The fraction of sp³-hybridized carbons (Fsp3) is 0.308. The molecule has 1 amide bonds. The van der Waals surface area contributed by atoms with Crippen LogP contribution in [0.15, 0.2) is 29.4 Å². The number of nitrogens with zero attached hydrogens (tertiary/aromatic N) is 3. The number of hydrogen-bond donors (Lipinski definition) is 2.